The van der Waals surface area contributed by atoms with Crippen molar-refractivity contribution in [2.75, 3.05) is 0 Å². The summed E-state index contributed by atoms with van der Waals surface area (Å²) in [5, 5.41) is 10.1. The van der Waals surface area contributed by atoms with Gasteiger partial charge in [0.15, 0.2) is 5.82 Å². The fourth-order valence-electron chi connectivity index (χ4n) is 3.17. The number of ether oxygens (including phenoxy) is 1. The molecule has 177 valence electrons. The van der Waals surface area contributed by atoms with Gasteiger partial charge >= 0.3 is 0 Å². The molecule has 11 heteroatoms. The molecule has 0 atom stereocenters. The Labute approximate surface area is 239 Å². The van der Waals surface area contributed by atoms with Crippen molar-refractivity contribution in [3.8, 4) is 22.8 Å². The van der Waals surface area contributed by atoms with Crippen molar-refractivity contribution in [1.82, 2.24) is 24.5 Å². The first kappa shape index (κ1) is 27.3. The van der Waals surface area contributed by atoms with Gasteiger partial charge in [0.25, 0.3) is 5.56 Å². The van der Waals surface area contributed by atoms with E-state index in [2.05, 4.69) is 26.0 Å². The number of pyridine rings is 3. The zero-order chi connectivity index (χ0) is 24.5. The van der Waals surface area contributed by atoms with Gasteiger partial charge in [-0.15, -0.1) is 5.69 Å². The van der Waals surface area contributed by atoms with Gasteiger partial charge in [-0.3, -0.25) is 14.8 Å². The summed E-state index contributed by atoms with van der Waals surface area (Å²) < 4.78 is 20.1. The number of aryl methyl sites for hydroxylation is 1. The molecule has 0 saturated heterocycles. The largest absolute Gasteiger partial charge is 0.485 e. The van der Waals surface area contributed by atoms with Crippen molar-refractivity contribution in [3.63, 3.8) is 0 Å². The molecule has 0 spiro atoms. The molecule has 0 aliphatic rings. The summed E-state index contributed by atoms with van der Waals surface area (Å²) in [6, 6.07) is 10.6. The summed E-state index contributed by atoms with van der Waals surface area (Å²) in [6.45, 7) is 4.92. The molecular weight excluding hydrogens is 602 g/mol. The first-order valence-corrected chi connectivity index (χ1v) is 10.6. The topological polar surface area (TPSA) is 103 Å². The van der Waals surface area contributed by atoms with E-state index in [1.807, 2.05) is 0 Å². The molecule has 0 aliphatic heterocycles. The third-order valence-corrected chi connectivity index (χ3v) is 5.21. The van der Waals surface area contributed by atoms with Crippen molar-refractivity contribution in [2.45, 2.75) is 33.0 Å². The van der Waals surface area contributed by atoms with Crippen LogP contribution in [0.5, 0.6) is 5.75 Å². The Balaban J connectivity index is 0.00000342. The molecule has 0 unspecified atom stereocenters. The Hall–Kier alpha value is -2.33. The second-order valence-corrected chi connectivity index (χ2v) is 8.38. The molecule has 0 bridgehead atoms. The molecule has 8 nitrogen and oxygen atoms in total. The number of hydrogen-bond donors (Lipinski definition) is 1. The molecule has 0 aliphatic carbocycles. The monoisotopic (exact) mass is 621 g/mol. The van der Waals surface area contributed by atoms with Gasteiger partial charge in [-0.05, 0) is 39.0 Å². The third-order valence-electron chi connectivity index (χ3n) is 4.86. The van der Waals surface area contributed by atoms with Crippen LogP contribution in [0.15, 0.2) is 53.7 Å². The van der Waals surface area contributed by atoms with Gasteiger partial charge in [0.2, 0.25) is 0 Å². The average molecular weight is 622 g/mol. The minimum Gasteiger partial charge on any atom is -0.485 e. The van der Waals surface area contributed by atoms with Crippen molar-refractivity contribution in [2.24, 2.45) is 0 Å². The molecule has 1 N–H and O–H groups in total. The van der Waals surface area contributed by atoms with Gasteiger partial charge in [0.05, 0.1) is 17.6 Å². The van der Waals surface area contributed by atoms with Crippen molar-refractivity contribution in [1.29, 1.82) is 0 Å². The minimum absolute atomic E-state index is 0. The summed E-state index contributed by atoms with van der Waals surface area (Å²) in [4.78, 5) is 29.8. The number of aliphatic hydroxyl groups is 1. The molecular formula is C24H20ClFN5O3Pr-. The number of hydrogen-bond acceptors (Lipinski definition) is 7. The van der Waals surface area contributed by atoms with Crippen LogP contribution >= 0.6 is 11.6 Å². The quantitative estimate of drug-likeness (QED) is 0.327. The van der Waals surface area contributed by atoms with Crippen LogP contribution in [0.25, 0.3) is 17.1 Å². The van der Waals surface area contributed by atoms with E-state index in [1.165, 1.54) is 29.1 Å². The molecule has 0 fully saturated rings. The van der Waals surface area contributed by atoms with Gasteiger partial charge in [0.1, 0.15) is 28.8 Å². The van der Waals surface area contributed by atoms with Crippen LogP contribution in [0.2, 0.25) is 5.02 Å². The van der Waals surface area contributed by atoms with E-state index in [-0.39, 0.29) is 64.5 Å². The fraction of sp³-hybridized carbons (Fsp3) is 0.208. The first-order chi connectivity index (χ1) is 16.1. The predicted molar refractivity (Wildman–Crippen MR) is 123 cm³/mol. The van der Waals surface area contributed by atoms with Crippen LogP contribution in [0.3, 0.4) is 0 Å². The van der Waals surface area contributed by atoms with E-state index < -0.39 is 17.0 Å². The van der Waals surface area contributed by atoms with Crippen molar-refractivity contribution < 1.29 is 55.5 Å². The average Bonchev–Trinajstić information content (AvgIpc) is 2.81. The summed E-state index contributed by atoms with van der Waals surface area (Å²) in [7, 11) is 0. The number of halogens is 2. The molecule has 0 aromatic carbocycles. The minimum atomic E-state index is -1.22. The van der Waals surface area contributed by atoms with Crippen molar-refractivity contribution >= 4 is 11.6 Å². The molecule has 0 amide bonds. The Morgan fingerprint density at radius 1 is 1.17 bits per heavy atom. The molecule has 1 radical (unpaired) electrons. The Morgan fingerprint density at radius 2 is 1.94 bits per heavy atom. The zero-order valence-electron chi connectivity index (χ0n) is 19.2. The smallest absolute Gasteiger partial charge is 0.275 e. The molecule has 4 aromatic rings. The molecule has 35 heavy (non-hydrogen) atoms. The summed E-state index contributed by atoms with van der Waals surface area (Å²) in [5.41, 5.74) is 0.658. The Morgan fingerprint density at radius 3 is 2.63 bits per heavy atom. The summed E-state index contributed by atoms with van der Waals surface area (Å²) >= 11 is 6.32. The number of nitrogens with zero attached hydrogens (tertiary/aromatic N) is 5. The van der Waals surface area contributed by atoms with Gasteiger partial charge in [-0.1, -0.05) is 17.8 Å². The van der Waals surface area contributed by atoms with E-state index in [9.17, 15) is 14.3 Å². The predicted octanol–water partition coefficient (Wildman–Crippen LogP) is 3.79. The van der Waals surface area contributed by atoms with Crippen LogP contribution in [0, 0.1) is 60.1 Å². The second kappa shape index (κ2) is 11.2. The second-order valence-electron chi connectivity index (χ2n) is 8.00. The Kier molecular flexibility index (Phi) is 8.69. The van der Waals surface area contributed by atoms with Gasteiger partial charge in [-0.25, -0.2) is 20.4 Å². The van der Waals surface area contributed by atoms with Crippen LogP contribution in [-0.4, -0.2) is 29.6 Å². The Bertz CT molecular complexity index is 1410. The van der Waals surface area contributed by atoms with Gasteiger partial charge < -0.3 is 14.4 Å². The molecule has 4 rings (SSSR count). The zero-order valence-corrected chi connectivity index (χ0v) is 23.6. The van der Waals surface area contributed by atoms with E-state index in [0.717, 1.165) is 6.20 Å². The van der Waals surface area contributed by atoms with Crippen LogP contribution in [-0.2, 0) is 12.2 Å². The molecule has 0 saturated carbocycles. The van der Waals surface area contributed by atoms with Crippen LogP contribution in [0.1, 0.15) is 31.1 Å². The SMILES string of the molecule is Cc1cc(OCc2ccc(F)cn2)c(Cl)c(=O)n1-c1[c-]cnc(-c2ccnc(C(C)(C)O)n2)c1.[Pr]. The maximum atomic E-state index is 13.1. The van der Waals surface area contributed by atoms with Gasteiger partial charge in [-0.2, -0.15) is 6.07 Å². The van der Waals surface area contributed by atoms with E-state index in [0.29, 0.717) is 28.5 Å². The van der Waals surface area contributed by atoms with Gasteiger partial charge in [0, 0.05) is 64.9 Å². The normalized spacial score (nSPS) is 11.1. The number of rotatable bonds is 6. The van der Waals surface area contributed by atoms with Crippen molar-refractivity contribution in [3.05, 3.63) is 93.4 Å². The van der Waals surface area contributed by atoms with E-state index >= 15 is 0 Å². The standard InChI is InChI=1S/C24H20ClFN5O3.Pr/c1-14-10-20(34-13-16-5-4-15(26)12-29-16)21(25)22(32)31(14)17-6-8-27-19(11-17)18-7-9-28-23(30-18)24(2,3)33;/h4-5,7-12,33H,13H2,1-3H3;/q-1;. The van der Waals surface area contributed by atoms with E-state index in [1.54, 1.807) is 39.0 Å². The molecule has 4 aromatic heterocycles. The maximum absolute atomic E-state index is 13.1. The van der Waals surface area contributed by atoms with Crippen LogP contribution in [0.4, 0.5) is 4.39 Å². The number of aromatic nitrogens is 5. The molecule has 4 heterocycles. The van der Waals surface area contributed by atoms with E-state index in [4.69, 9.17) is 16.3 Å². The fourth-order valence-corrected chi connectivity index (χ4v) is 3.36. The maximum Gasteiger partial charge on any atom is 0.275 e. The summed E-state index contributed by atoms with van der Waals surface area (Å²) in [5.74, 6) is -0.0207. The summed E-state index contributed by atoms with van der Waals surface area (Å²) in [6.07, 6.45) is 4.05. The van der Waals surface area contributed by atoms with Crippen LogP contribution < -0.4 is 10.3 Å². The first-order valence-electron chi connectivity index (χ1n) is 10.2. The third kappa shape index (κ3) is 6.27.